The first-order valence-electron chi connectivity index (χ1n) is 10.4. The number of sulfonamides is 1. The van der Waals surface area contributed by atoms with E-state index in [9.17, 15) is 13.2 Å². The minimum atomic E-state index is -4.07. The smallest absolute Gasteiger partial charge is 0.265 e. The number of anilines is 2. The molecule has 0 spiro atoms. The van der Waals surface area contributed by atoms with Crippen molar-refractivity contribution in [3.63, 3.8) is 0 Å². The summed E-state index contributed by atoms with van der Waals surface area (Å²) in [5, 5.41) is 4.63. The molecule has 168 valence electrons. The second-order valence-corrected chi connectivity index (χ2v) is 10.0. The first-order chi connectivity index (χ1) is 15.8. The highest BCUT2D eigenvalue weighted by Crippen LogP contribution is 2.32. The van der Waals surface area contributed by atoms with Crippen molar-refractivity contribution in [3.8, 4) is 0 Å². The zero-order valence-corrected chi connectivity index (χ0v) is 19.8. The summed E-state index contributed by atoms with van der Waals surface area (Å²) in [4.78, 5) is 13.1. The highest BCUT2D eigenvalue weighted by atomic mass is 35.5. The molecule has 7 heteroatoms. The lowest BCUT2D eigenvalue weighted by Crippen LogP contribution is -2.38. The van der Waals surface area contributed by atoms with E-state index in [1.807, 2.05) is 38.1 Å². The van der Waals surface area contributed by atoms with Crippen LogP contribution in [0.1, 0.15) is 11.1 Å². The maximum Gasteiger partial charge on any atom is 0.265 e. The number of hydrogen-bond acceptors (Lipinski definition) is 3. The topological polar surface area (TPSA) is 66.5 Å². The Morgan fingerprint density at radius 2 is 1.61 bits per heavy atom. The van der Waals surface area contributed by atoms with Crippen molar-refractivity contribution < 1.29 is 13.2 Å². The van der Waals surface area contributed by atoms with Gasteiger partial charge in [-0.25, -0.2) is 8.42 Å². The predicted molar refractivity (Wildman–Crippen MR) is 134 cm³/mol. The molecule has 33 heavy (non-hydrogen) atoms. The molecule has 1 amide bonds. The van der Waals surface area contributed by atoms with Gasteiger partial charge in [0.15, 0.2) is 0 Å². The Balaban J connectivity index is 1.80. The Kier molecular flexibility index (Phi) is 6.40. The number of nitrogens with one attached hydrogen (secondary N) is 1. The van der Waals surface area contributed by atoms with Crippen LogP contribution in [-0.2, 0) is 14.8 Å². The minimum Gasteiger partial charge on any atom is -0.324 e. The number of rotatable bonds is 6. The van der Waals surface area contributed by atoms with Crippen LogP contribution in [0.25, 0.3) is 10.8 Å². The van der Waals surface area contributed by atoms with Crippen LogP contribution in [-0.4, -0.2) is 20.9 Å². The second-order valence-electron chi connectivity index (χ2n) is 7.77. The van der Waals surface area contributed by atoms with E-state index < -0.39 is 15.9 Å². The Bertz CT molecular complexity index is 1450. The van der Waals surface area contributed by atoms with Crippen molar-refractivity contribution in [2.24, 2.45) is 0 Å². The molecule has 0 aliphatic heterocycles. The average Bonchev–Trinajstić information content (AvgIpc) is 2.79. The summed E-state index contributed by atoms with van der Waals surface area (Å²) in [5.74, 6) is -0.470. The van der Waals surface area contributed by atoms with Gasteiger partial charge in [0.2, 0.25) is 5.91 Å². The summed E-state index contributed by atoms with van der Waals surface area (Å²) in [6, 6.07) is 24.6. The summed E-state index contributed by atoms with van der Waals surface area (Å²) >= 11 is 6.02. The number of nitrogens with zero attached hydrogens (tertiary/aromatic N) is 1. The molecule has 0 aliphatic rings. The lowest BCUT2D eigenvalue weighted by molar-refractivity contribution is -0.114. The summed E-state index contributed by atoms with van der Waals surface area (Å²) in [6.45, 7) is 3.38. The molecule has 0 atom stereocenters. The van der Waals surface area contributed by atoms with E-state index in [0.29, 0.717) is 21.8 Å². The van der Waals surface area contributed by atoms with Crippen LogP contribution in [0, 0.1) is 13.8 Å². The molecule has 0 heterocycles. The molecule has 0 saturated heterocycles. The van der Waals surface area contributed by atoms with Gasteiger partial charge in [-0.05, 0) is 60.7 Å². The molecule has 0 unspecified atom stereocenters. The molecule has 0 aromatic heterocycles. The third-order valence-electron chi connectivity index (χ3n) is 5.56. The van der Waals surface area contributed by atoms with Crippen LogP contribution < -0.4 is 9.62 Å². The van der Waals surface area contributed by atoms with Gasteiger partial charge in [-0.2, -0.15) is 0 Å². The predicted octanol–water partition coefficient (Wildman–Crippen LogP) is 5.94. The SMILES string of the molecule is Cc1cccc(N(CC(=O)Nc2cccc(Cl)c2)S(=O)(=O)c2cccc3ccccc23)c1C. The fraction of sp³-hybridized carbons (Fsp3) is 0.115. The largest absolute Gasteiger partial charge is 0.324 e. The number of aryl methyl sites for hydroxylation is 1. The summed E-state index contributed by atoms with van der Waals surface area (Å²) in [6.07, 6.45) is 0. The van der Waals surface area contributed by atoms with Crippen molar-refractivity contribution in [1.82, 2.24) is 0 Å². The molecule has 0 fully saturated rings. The maximum absolute atomic E-state index is 14.0. The van der Waals surface area contributed by atoms with Crippen molar-refractivity contribution in [1.29, 1.82) is 0 Å². The van der Waals surface area contributed by atoms with Crippen LogP contribution in [0.15, 0.2) is 89.8 Å². The van der Waals surface area contributed by atoms with Gasteiger partial charge in [-0.15, -0.1) is 0 Å². The van der Waals surface area contributed by atoms with Crippen LogP contribution in [0.4, 0.5) is 11.4 Å². The zero-order chi connectivity index (χ0) is 23.6. The van der Waals surface area contributed by atoms with Crippen LogP contribution in [0.3, 0.4) is 0 Å². The lowest BCUT2D eigenvalue weighted by atomic mass is 10.1. The van der Waals surface area contributed by atoms with E-state index in [4.69, 9.17) is 11.6 Å². The molecule has 5 nitrogen and oxygen atoms in total. The van der Waals surface area contributed by atoms with Gasteiger partial charge in [-0.3, -0.25) is 9.10 Å². The molecule has 4 aromatic carbocycles. The van der Waals surface area contributed by atoms with Gasteiger partial charge < -0.3 is 5.32 Å². The highest BCUT2D eigenvalue weighted by molar-refractivity contribution is 7.93. The monoisotopic (exact) mass is 478 g/mol. The van der Waals surface area contributed by atoms with Crippen molar-refractivity contribution in [2.75, 3.05) is 16.2 Å². The molecule has 4 rings (SSSR count). The van der Waals surface area contributed by atoms with E-state index in [1.165, 1.54) is 4.31 Å². The summed E-state index contributed by atoms with van der Waals surface area (Å²) in [7, 11) is -4.07. The van der Waals surface area contributed by atoms with Gasteiger partial charge in [-0.1, -0.05) is 66.2 Å². The van der Waals surface area contributed by atoms with E-state index in [1.54, 1.807) is 60.7 Å². The molecule has 4 aromatic rings. The molecule has 0 bridgehead atoms. The normalized spacial score (nSPS) is 11.4. The van der Waals surface area contributed by atoms with Gasteiger partial charge in [0, 0.05) is 16.1 Å². The minimum absolute atomic E-state index is 0.150. The number of hydrogen-bond donors (Lipinski definition) is 1. The number of amides is 1. The first kappa shape index (κ1) is 22.8. The first-order valence-corrected chi connectivity index (χ1v) is 12.2. The Morgan fingerprint density at radius 1 is 0.909 bits per heavy atom. The fourth-order valence-electron chi connectivity index (χ4n) is 3.74. The third kappa shape index (κ3) is 4.72. The molecule has 0 saturated carbocycles. The Hall–Kier alpha value is -3.35. The molecule has 0 radical (unpaired) electrons. The Morgan fingerprint density at radius 3 is 2.39 bits per heavy atom. The van der Waals surface area contributed by atoms with E-state index in [0.717, 1.165) is 16.5 Å². The van der Waals surface area contributed by atoms with Crippen molar-refractivity contribution in [2.45, 2.75) is 18.7 Å². The van der Waals surface area contributed by atoms with Gasteiger partial charge in [0.05, 0.1) is 10.6 Å². The van der Waals surface area contributed by atoms with Crippen molar-refractivity contribution in [3.05, 3.63) is 101 Å². The number of benzene rings is 4. The standard InChI is InChI=1S/C26H23ClN2O3S/c1-18-8-5-14-24(19(18)2)29(17-26(30)28-22-12-7-11-21(27)16-22)33(31,32)25-15-6-10-20-9-3-4-13-23(20)25/h3-16H,17H2,1-2H3,(H,28,30). The summed E-state index contributed by atoms with van der Waals surface area (Å²) in [5.41, 5.74) is 2.68. The quantitative estimate of drug-likeness (QED) is 0.372. The highest BCUT2D eigenvalue weighted by Gasteiger charge is 2.30. The average molecular weight is 479 g/mol. The Labute approximate surface area is 198 Å². The zero-order valence-electron chi connectivity index (χ0n) is 18.2. The van der Waals surface area contributed by atoms with Crippen molar-refractivity contribution >= 4 is 49.7 Å². The number of carbonyl (C=O) groups excluding carboxylic acids is 1. The number of carbonyl (C=O) groups is 1. The van der Waals surface area contributed by atoms with E-state index >= 15 is 0 Å². The number of halogens is 1. The second kappa shape index (κ2) is 9.25. The van der Waals surface area contributed by atoms with E-state index in [-0.39, 0.29) is 11.4 Å². The van der Waals surface area contributed by atoms with Crippen LogP contribution in [0.2, 0.25) is 5.02 Å². The fourth-order valence-corrected chi connectivity index (χ4v) is 5.63. The number of fused-ring (bicyclic) bond motifs is 1. The van der Waals surface area contributed by atoms with Gasteiger partial charge in [0.1, 0.15) is 6.54 Å². The van der Waals surface area contributed by atoms with Gasteiger partial charge in [0.25, 0.3) is 10.0 Å². The van der Waals surface area contributed by atoms with Crippen LogP contribution >= 0.6 is 11.6 Å². The van der Waals surface area contributed by atoms with E-state index in [2.05, 4.69) is 5.32 Å². The van der Waals surface area contributed by atoms with Crippen LogP contribution in [0.5, 0.6) is 0 Å². The summed E-state index contributed by atoms with van der Waals surface area (Å²) < 4.78 is 29.1. The molecule has 1 N–H and O–H groups in total. The maximum atomic E-state index is 14.0. The molecular formula is C26H23ClN2O3S. The molecular weight excluding hydrogens is 456 g/mol. The lowest BCUT2D eigenvalue weighted by Gasteiger charge is -2.27. The van der Waals surface area contributed by atoms with Gasteiger partial charge >= 0.3 is 0 Å². The molecule has 0 aliphatic carbocycles. The third-order valence-corrected chi connectivity index (χ3v) is 7.61.